The fourth-order valence-electron chi connectivity index (χ4n) is 0.331. The van der Waals surface area contributed by atoms with E-state index in [9.17, 15) is 0 Å². The van der Waals surface area contributed by atoms with E-state index in [0.717, 1.165) is 0 Å². The van der Waals surface area contributed by atoms with E-state index in [2.05, 4.69) is 12.0 Å². The molecule has 0 aromatic heterocycles. The Labute approximate surface area is 69.5 Å². The highest BCUT2D eigenvalue weighted by Gasteiger charge is 1.73. The van der Waals surface area contributed by atoms with E-state index in [1.807, 2.05) is 39.0 Å². The highest BCUT2D eigenvalue weighted by molar-refractivity contribution is 5.16. The molecule has 0 heterocycles. The molecule has 0 aliphatic rings. The normalized spacial score (nSPS) is 9.45. The smallest absolute Gasteiger partial charge is 0.0413 e. The zero-order valence-electron chi connectivity index (χ0n) is 7.59. The Hall–Kier alpha value is -1.02. The molecule has 0 atom stereocenters. The largest absolute Gasteiger partial charge is 0.325 e. The maximum absolute atomic E-state index is 5.03. The number of nitrogens with one attached hydrogen (secondary N) is 1. The first kappa shape index (κ1) is 12.6. The predicted octanol–water partition coefficient (Wildman–Crippen LogP) is 2.12. The lowest BCUT2D eigenvalue weighted by Gasteiger charge is -1.92. The van der Waals surface area contributed by atoms with Gasteiger partial charge >= 0.3 is 0 Å². The van der Waals surface area contributed by atoms with Gasteiger partial charge in [0.05, 0.1) is 0 Å². The van der Waals surface area contributed by atoms with Crippen LogP contribution in [-0.4, -0.2) is 0 Å². The molecule has 0 unspecified atom stereocenters. The molecule has 0 spiro atoms. The van der Waals surface area contributed by atoms with Crippen molar-refractivity contribution < 1.29 is 0 Å². The topological polar surface area (TPSA) is 38.0 Å². The molecule has 0 aromatic rings. The summed E-state index contributed by atoms with van der Waals surface area (Å²) in [6, 6.07) is 0. The second-order valence-electron chi connectivity index (χ2n) is 1.55. The van der Waals surface area contributed by atoms with Crippen molar-refractivity contribution in [1.82, 2.24) is 5.43 Å². The summed E-state index contributed by atoms with van der Waals surface area (Å²) in [4.78, 5) is 0. The van der Waals surface area contributed by atoms with Gasteiger partial charge in [-0.05, 0) is 13.0 Å². The van der Waals surface area contributed by atoms with E-state index in [-0.39, 0.29) is 0 Å². The van der Waals surface area contributed by atoms with Crippen molar-refractivity contribution in [2.45, 2.75) is 20.8 Å². The third kappa shape index (κ3) is 12.2. The summed E-state index contributed by atoms with van der Waals surface area (Å²) in [5.74, 6) is 5.03. The minimum atomic E-state index is 0.702. The minimum absolute atomic E-state index is 0.702. The van der Waals surface area contributed by atoms with Crippen LogP contribution < -0.4 is 11.3 Å². The van der Waals surface area contributed by atoms with E-state index in [1.54, 1.807) is 6.08 Å². The van der Waals surface area contributed by atoms with Gasteiger partial charge < -0.3 is 5.43 Å². The summed E-state index contributed by atoms with van der Waals surface area (Å²) in [6.07, 6.45) is 7.49. The first-order valence-electron chi connectivity index (χ1n) is 3.76. The number of allylic oxidation sites excluding steroid dienone is 4. The van der Waals surface area contributed by atoms with Crippen LogP contribution in [0.4, 0.5) is 0 Å². The Kier molecular flexibility index (Phi) is 13.5. The van der Waals surface area contributed by atoms with E-state index in [1.165, 1.54) is 0 Å². The van der Waals surface area contributed by atoms with Crippen molar-refractivity contribution in [3.05, 3.63) is 36.6 Å². The molecule has 2 nitrogen and oxygen atoms in total. The van der Waals surface area contributed by atoms with Gasteiger partial charge in [0.25, 0.3) is 0 Å². The first-order valence-corrected chi connectivity index (χ1v) is 3.76. The van der Waals surface area contributed by atoms with Crippen molar-refractivity contribution in [2.75, 3.05) is 0 Å². The average Bonchev–Trinajstić information content (AvgIpc) is 2.08. The zero-order valence-corrected chi connectivity index (χ0v) is 7.59. The number of nitrogens with two attached hydrogens (primary N) is 1. The minimum Gasteiger partial charge on any atom is -0.325 e. The summed E-state index contributed by atoms with van der Waals surface area (Å²) in [5, 5.41) is 0. The molecule has 2 heteroatoms. The fourth-order valence-corrected chi connectivity index (χ4v) is 0.331. The molecule has 0 saturated heterocycles. The molecule has 0 aliphatic carbocycles. The third-order valence-electron chi connectivity index (χ3n) is 0.786. The second-order valence-corrected chi connectivity index (χ2v) is 1.55. The van der Waals surface area contributed by atoms with Gasteiger partial charge in [0.15, 0.2) is 0 Å². The lowest BCUT2D eigenvalue weighted by molar-refractivity contribution is 0.922. The van der Waals surface area contributed by atoms with E-state index in [0.29, 0.717) is 5.70 Å². The second kappa shape index (κ2) is 11.7. The van der Waals surface area contributed by atoms with Crippen molar-refractivity contribution in [3.63, 3.8) is 0 Å². The van der Waals surface area contributed by atoms with Gasteiger partial charge in [0, 0.05) is 5.70 Å². The molecule has 0 amide bonds. The van der Waals surface area contributed by atoms with Crippen LogP contribution in [-0.2, 0) is 0 Å². The Morgan fingerprint density at radius 3 is 2.27 bits per heavy atom. The maximum Gasteiger partial charge on any atom is 0.0413 e. The van der Waals surface area contributed by atoms with Gasteiger partial charge in [-0.3, -0.25) is 5.84 Å². The maximum atomic E-state index is 5.03. The first-order chi connectivity index (χ1) is 5.31. The number of hydrazine groups is 1. The van der Waals surface area contributed by atoms with E-state index >= 15 is 0 Å². The Balaban J connectivity index is 0. The van der Waals surface area contributed by atoms with Crippen LogP contribution in [0.5, 0.6) is 0 Å². The van der Waals surface area contributed by atoms with E-state index in [4.69, 9.17) is 5.84 Å². The molecular weight excluding hydrogens is 136 g/mol. The monoisotopic (exact) mass is 154 g/mol. The average molecular weight is 154 g/mol. The lowest BCUT2D eigenvalue weighted by atomic mass is 10.4. The quantitative estimate of drug-likeness (QED) is 0.371. The van der Waals surface area contributed by atoms with Crippen molar-refractivity contribution in [1.29, 1.82) is 0 Å². The van der Waals surface area contributed by atoms with Crippen LogP contribution >= 0.6 is 0 Å². The molecule has 0 bridgehead atoms. The van der Waals surface area contributed by atoms with Crippen molar-refractivity contribution in [2.24, 2.45) is 5.84 Å². The van der Waals surface area contributed by atoms with Gasteiger partial charge in [-0.2, -0.15) is 0 Å². The number of hydrogen-bond donors (Lipinski definition) is 2. The summed E-state index contributed by atoms with van der Waals surface area (Å²) < 4.78 is 0. The summed E-state index contributed by atoms with van der Waals surface area (Å²) in [5.41, 5.74) is 3.11. The van der Waals surface area contributed by atoms with E-state index < -0.39 is 0 Å². The summed E-state index contributed by atoms with van der Waals surface area (Å²) >= 11 is 0. The molecular formula is C9H18N2. The Morgan fingerprint density at radius 1 is 1.36 bits per heavy atom. The number of rotatable bonds is 3. The molecule has 0 rings (SSSR count). The Bertz CT molecular complexity index is 134. The summed E-state index contributed by atoms with van der Waals surface area (Å²) in [6.45, 7) is 9.54. The fraction of sp³-hybridized carbons (Fsp3) is 0.333. The predicted molar refractivity (Wildman–Crippen MR) is 51.8 cm³/mol. The van der Waals surface area contributed by atoms with Gasteiger partial charge in [-0.15, -0.1) is 0 Å². The number of hydrogen-bond acceptors (Lipinski definition) is 2. The van der Waals surface area contributed by atoms with Crippen LogP contribution in [0.25, 0.3) is 0 Å². The molecule has 0 aromatic carbocycles. The molecule has 0 aliphatic heterocycles. The highest BCUT2D eigenvalue weighted by atomic mass is 15.2. The third-order valence-corrected chi connectivity index (χ3v) is 0.786. The molecule has 11 heavy (non-hydrogen) atoms. The zero-order chi connectivity index (χ0) is 9.11. The lowest BCUT2D eigenvalue weighted by Crippen LogP contribution is -2.18. The van der Waals surface area contributed by atoms with Crippen molar-refractivity contribution in [3.8, 4) is 0 Å². The SMILES string of the molecule is C=C(/C=C\C=C/C)NN.CC. The molecule has 0 saturated carbocycles. The van der Waals surface area contributed by atoms with Crippen LogP contribution in [0.3, 0.4) is 0 Å². The van der Waals surface area contributed by atoms with Crippen LogP contribution in [0, 0.1) is 0 Å². The summed E-state index contributed by atoms with van der Waals surface area (Å²) in [7, 11) is 0. The standard InChI is InChI=1S/C7H12N2.C2H6/c1-3-4-5-6-7(2)9-8;1-2/h3-6,9H,2,8H2,1H3;1-2H3/b4-3-,6-5-;. The Morgan fingerprint density at radius 2 is 1.91 bits per heavy atom. The molecule has 3 N–H and O–H groups in total. The molecule has 0 fully saturated rings. The highest BCUT2D eigenvalue weighted by Crippen LogP contribution is 1.83. The van der Waals surface area contributed by atoms with Crippen LogP contribution in [0.1, 0.15) is 20.8 Å². The van der Waals surface area contributed by atoms with Gasteiger partial charge in [0.2, 0.25) is 0 Å². The van der Waals surface area contributed by atoms with Gasteiger partial charge in [-0.1, -0.05) is 38.7 Å². The van der Waals surface area contributed by atoms with Crippen LogP contribution in [0.15, 0.2) is 36.6 Å². The van der Waals surface area contributed by atoms with Gasteiger partial charge in [0.1, 0.15) is 0 Å². The van der Waals surface area contributed by atoms with Crippen molar-refractivity contribution >= 4 is 0 Å². The van der Waals surface area contributed by atoms with Crippen LogP contribution in [0.2, 0.25) is 0 Å². The van der Waals surface area contributed by atoms with Gasteiger partial charge in [-0.25, -0.2) is 0 Å². The molecule has 0 radical (unpaired) electrons. The molecule has 64 valence electrons.